The normalized spacial score (nSPS) is 13.6. The minimum atomic E-state index is -0.498. The van der Waals surface area contributed by atoms with Crippen molar-refractivity contribution in [3.8, 4) is 0 Å². The van der Waals surface area contributed by atoms with Crippen LogP contribution in [0.25, 0.3) is 0 Å². The third kappa shape index (κ3) is 5.53. The lowest BCUT2D eigenvalue weighted by molar-refractivity contribution is 0.0225. The van der Waals surface area contributed by atoms with Crippen LogP contribution in [0.1, 0.15) is 61.7 Å². The van der Waals surface area contributed by atoms with Crippen molar-refractivity contribution in [1.29, 1.82) is 0 Å². The summed E-state index contributed by atoms with van der Waals surface area (Å²) >= 11 is 1.46. The molecule has 0 unspecified atom stereocenters. The van der Waals surface area contributed by atoms with Gasteiger partial charge in [-0.3, -0.25) is 0 Å². The fourth-order valence-corrected chi connectivity index (χ4v) is 3.18. The van der Waals surface area contributed by atoms with Crippen molar-refractivity contribution in [3.63, 3.8) is 0 Å². The van der Waals surface area contributed by atoms with Crippen LogP contribution in [-0.2, 0) is 22.4 Å². The molecular formula is C17H27NO4S. The summed E-state index contributed by atoms with van der Waals surface area (Å²) in [5.41, 5.74) is 0.516. The van der Waals surface area contributed by atoms with Crippen molar-refractivity contribution >= 4 is 23.4 Å². The Balaban J connectivity index is 0.00000127. The summed E-state index contributed by atoms with van der Waals surface area (Å²) in [5, 5.41) is 0. The summed E-state index contributed by atoms with van der Waals surface area (Å²) in [7, 11) is 0. The Bertz CT molecular complexity index is 545. The number of hydrogen-bond acceptors (Lipinski definition) is 5. The number of thiophene rings is 1. The van der Waals surface area contributed by atoms with Crippen LogP contribution in [0.4, 0.5) is 4.79 Å². The number of ether oxygens (including phenoxy) is 2. The Kier molecular flexibility index (Phi) is 7.06. The molecule has 0 spiro atoms. The summed E-state index contributed by atoms with van der Waals surface area (Å²) in [4.78, 5) is 27.3. The first-order valence-corrected chi connectivity index (χ1v) is 8.88. The lowest BCUT2D eigenvalue weighted by Gasteiger charge is -2.29. The van der Waals surface area contributed by atoms with E-state index in [1.54, 1.807) is 11.8 Å². The topological polar surface area (TPSA) is 55.8 Å². The van der Waals surface area contributed by atoms with Crippen LogP contribution in [-0.4, -0.2) is 35.7 Å². The lowest BCUT2D eigenvalue weighted by atomic mass is 10.1. The molecule has 2 heterocycles. The highest BCUT2D eigenvalue weighted by Crippen LogP contribution is 2.29. The molecule has 0 atom stereocenters. The molecule has 1 aromatic heterocycles. The SMILES string of the molecule is CC.CCOC(=O)c1cc2c(s1)CCN(C(=O)OC(C)(C)C)C2. The van der Waals surface area contributed by atoms with E-state index >= 15 is 0 Å². The Labute approximate surface area is 142 Å². The second kappa shape index (κ2) is 8.34. The van der Waals surface area contributed by atoms with E-state index in [1.165, 1.54) is 11.3 Å². The molecule has 0 aromatic carbocycles. The molecule has 1 aliphatic rings. The summed E-state index contributed by atoms with van der Waals surface area (Å²) in [6, 6.07) is 1.83. The lowest BCUT2D eigenvalue weighted by Crippen LogP contribution is -2.39. The molecule has 0 N–H and O–H groups in total. The molecule has 2 rings (SSSR count). The van der Waals surface area contributed by atoms with Gasteiger partial charge in [0.25, 0.3) is 0 Å². The fraction of sp³-hybridized carbons (Fsp3) is 0.647. The Morgan fingerprint density at radius 3 is 2.52 bits per heavy atom. The van der Waals surface area contributed by atoms with Crippen LogP contribution in [0.15, 0.2) is 6.07 Å². The van der Waals surface area contributed by atoms with Crippen LogP contribution in [0.3, 0.4) is 0 Å². The number of amides is 1. The Morgan fingerprint density at radius 1 is 1.30 bits per heavy atom. The van der Waals surface area contributed by atoms with Gasteiger partial charge in [-0.25, -0.2) is 9.59 Å². The van der Waals surface area contributed by atoms with Gasteiger partial charge in [0.2, 0.25) is 0 Å². The van der Waals surface area contributed by atoms with Crippen LogP contribution in [0.5, 0.6) is 0 Å². The van der Waals surface area contributed by atoms with E-state index in [4.69, 9.17) is 9.47 Å². The fourth-order valence-electron chi connectivity index (χ4n) is 2.12. The highest BCUT2D eigenvalue weighted by atomic mass is 32.1. The molecular weight excluding hydrogens is 314 g/mol. The smallest absolute Gasteiger partial charge is 0.410 e. The van der Waals surface area contributed by atoms with E-state index in [1.807, 2.05) is 40.7 Å². The number of esters is 1. The maximum Gasteiger partial charge on any atom is 0.410 e. The second-order valence-electron chi connectivity index (χ2n) is 5.93. The number of rotatable bonds is 2. The zero-order valence-corrected chi connectivity index (χ0v) is 15.7. The molecule has 23 heavy (non-hydrogen) atoms. The van der Waals surface area contributed by atoms with Crippen LogP contribution in [0.2, 0.25) is 0 Å². The summed E-state index contributed by atoms with van der Waals surface area (Å²) in [6.45, 7) is 12.8. The molecule has 6 heteroatoms. The van der Waals surface area contributed by atoms with Gasteiger partial charge >= 0.3 is 12.1 Å². The summed E-state index contributed by atoms with van der Waals surface area (Å²) in [5.74, 6) is -0.291. The van der Waals surface area contributed by atoms with Crippen LogP contribution >= 0.6 is 11.3 Å². The van der Waals surface area contributed by atoms with Crippen LogP contribution < -0.4 is 0 Å². The van der Waals surface area contributed by atoms with Crippen molar-refractivity contribution in [3.05, 3.63) is 21.4 Å². The minimum absolute atomic E-state index is 0.291. The van der Waals surface area contributed by atoms with Gasteiger partial charge in [0, 0.05) is 11.4 Å². The first-order chi connectivity index (χ1) is 10.8. The number of nitrogens with zero attached hydrogens (tertiary/aromatic N) is 1. The average Bonchev–Trinajstić information content (AvgIpc) is 2.91. The number of carbonyl (C=O) groups is 2. The van der Waals surface area contributed by atoms with E-state index in [2.05, 4.69) is 0 Å². The van der Waals surface area contributed by atoms with Crippen molar-refractivity contribution < 1.29 is 19.1 Å². The molecule has 0 fully saturated rings. The van der Waals surface area contributed by atoms with Crippen molar-refractivity contribution in [2.75, 3.05) is 13.2 Å². The van der Waals surface area contributed by atoms with Crippen molar-refractivity contribution in [2.45, 2.75) is 60.1 Å². The Morgan fingerprint density at radius 2 is 1.96 bits per heavy atom. The van der Waals surface area contributed by atoms with Gasteiger partial charge in [0.05, 0.1) is 13.2 Å². The zero-order valence-electron chi connectivity index (χ0n) is 14.9. The summed E-state index contributed by atoms with van der Waals surface area (Å²) in [6.07, 6.45) is 0.440. The molecule has 0 radical (unpaired) electrons. The number of hydrogen-bond donors (Lipinski definition) is 0. The van der Waals surface area contributed by atoms with Crippen molar-refractivity contribution in [1.82, 2.24) is 4.90 Å². The van der Waals surface area contributed by atoms with Gasteiger partial charge in [-0.1, -0.05) is 13.8 Å². The molecule has 0 aliphatic carbocycles. The third-order valence-electron chi connectivity index (χ3n) is 2.99. The molecule has 0 saturated heterocycles. The third-order valence-corrected chi connectivity index (χ3v) is 4.21. The quantitative estimate of drug-likeness (QED) is 0.755. The summed E-state index contributed by atoms with van der Waals surface area (Å²) < 4.78 is 10.4. The molecule has 1 amide bonds. The largest absolute Gasteiger partial charge is 0.462 e. The van der Waals surface area contributed by atoms with Gasteiger partial charge in [0.1, 0.15) is 10.5 Å². The number of carbonyl (C=O) groups excluding carboxylic acids is 2. The highest BCUT2D eigenvalue weighted by Gasteiger charge is 2.27. The van der Waals surface area contributed by atoms with E-state index < -0.39 is 5.60 Å². The first-order valence-electron chi connectivity index (χ1n) is 8.07. The van der Waals surface area contributed by atoms with Crippen molar-refractivity contribution in [2.24, 2.45) is 0 Å². The monoisotopic (exact) mass is 341 g/mol. The molecule has 1 aliphatic heterocycles. The van der Waals surface area contributed by atoms with E-state index in [0.29, 0.717) is 24.6 Å². The van der Waals surface area contributed by atoms with Gasteiger partial charge in [-0.2, -0.15) is 0 Å². The maximum atomic E-state index is 12.1. The van der Waals surface area contributed by atoms with Gasteiger partial charge in [-0.15, -0.1) is 11.3 Å². The molecule has 0 bridgehead atoms. The minimum Gasteiger partial charge on any atom is -0.462 e. The predicted molar refractivity (Wildman–Crippen MR) is 92.0 cm³/mol. The molecule has 1 aromatic rings. The molecule has 5 nitrogen and oxygen atoms in total. The van der Waals surface area contributed by atoms with Gasteiger partial charge < -0.3 is 14.4 Å². The van der Waals surface area contributed by atoms with Gasteiger partial charge in [-0.05, 0) is 45.7 Å². The van der Waals surface area contributed by atoms with Gasteiger partial charge in [0.15, 0.2) is 0 Å². The van der Waals surface area contributed by atoms with Crippen LogP contribution in [0, 0.1) is 0 Å². The molecule has 0 saturated carbocycles. The van der Waals surface area contributed by atoms with E-state index in [-0.39, 0.29) is 12.1 Å². The van der Waals surface area contributed by atoms with E-state index in [0.717, 1.165) is 16.9 Å². The zero-order chi connectivity index (χ0) is 17.6. The standard InChI is InChI=1S/C15H21NO4S.C2H6/c1-5-19-13(17)12-8-10-9-16(7-6-11(10)21-12)14(18)20-15(2,3)4;1-2/h8H,5-7,9H2,1-4H3;1-2H3. The van der Waals surface area contributed by atoms with E-state index in [9.17, 15) is 9.59 Å². The predicted octanol–water partition coefficient (Wildman–Crippen LogP) is 4.24. The highest BCUT2D eigenvalue weighted by molar-refractivity contribution is 7.14. The average molecular weight is 341 g/mol. The second-order valence-corrected chi connectivity index (χ2v) is 7.07. The number of fused-ring (bicyclic) bond motifs is 1. The maximum absolute atomic E-state index is 12.1. The Hall–Kier alpha value is -1.56. The molecule has 130 valence electrons. The first kappa shape index (κ1) is 19.5.